The Bertz CT molecular complexity index is 436. The molecule has 0 bridgehead atoms. The molecular weight excluding hydrogens is 212 g/mol. The van der Waals surface area contributed by atoms with Crippen LogP contribution in [0.4, 0.5) is 5.82 Å². The minimum atomic E-state index is 0.362. The second-order valence-electron chi connectivity index (χ2n) is 4.64. The standard InChI is InChI=1S/C13H18N4/c1-9-5-6-16-13(11(9)8-15)17-12-4-2-3-10(12)7-14/h5-6,10,12H,2-4,7,14H2,1H3,(H,16,17). The van der Waals surface area contributed by atoms with Crippen molar-refractivity contribution < 1.29 is 0 Å². The molecule has 1 aromatic heterocycles. The van der Waals surface area contributed by atoms with E-state index in [-0.39, 0.29) is 0 Å². The zero-order valence-corrected chi connectivity index (χ0v) is 10.1. The van der Waals surface area contributed by atoms with Gasteiger partial charge in [0.1, 0.15) is 11.9 Å². The Morgan fingerprint density at radius 3 is 3.12 bits per heavy atom. The quantitative estimate of drug-likeness (QED) is 0.830. The van der Waals surface area contributed by atoms with Gasteiger partial charge in [-0.1, -0.05) is 6.42 Å². The molecule has 1 aromatic rings. The van der Waals surface area contributed by atoms with Crippen molar-refractivity contribution in [2.75, 3.05) is 11.9 Å². The molecule has 0 amide bonds. The largest absolute Gasteiger partial charge is 0.366 e. The van der Waals surface area contributed by atoms with E-state index >= 15 is 0 Å². The van der Waals surface area contributed by atoms with Crippen LogP contribution in [0.1, 0.15) is 30.4 Å². The van der Waals surface area contributed by atoms with Crippen molar-refractivity contribution >= 4 is 5.82 Å². The summed E-state index contributed by atoms with van der Waals surface area (Å²) in [7, 11) is 0. The molecule has 3 N–H and O–H groups in total. The normalized spacial score (nSPS) is 23.4. The number of pyridine rings is 1. The smallest absolute Gasteiger partial charge is 0.144 e. The van der Waals surface area contributed by atoms with Crippen molar-refractivity contribution in [1.29, 1.82) is 5.26 Å². The molecule has 1 aliphatic carbocycles. The fourth-order valence-corrected chi connectivity index (χ4v) is 2.49. The van der Waals surface area contributed by atoms with E-state index in [1.54, 1.807) is 6.20 Å². The van der Waals surface area contributed by atoms with Gasteiger partial charge in [0.15, 0.2) is 0 Å². The molecule has 0 saturated heterocycles. The molecule has 2 unspecified atom stereocenters. The average molecular weight is 230 g/mol. The maximum absolute atomic E-state index is 9.14. The van der Waals surface area contributed by atoms with Gasteiger partial charge in [0.2, 0.25) is 0 Å². The van der Waals surface area contributed by atoms with Crippen LogP contribution in [-0.2, 0) is 0 Å². The molecule has 2 atom stereocenters. The van der Waals surface area contributed by atoms with Crippen LogP contribution in [0.2, 0.25) is 0 Å². The van der Waals surface area contributed by atoms with E-state index in [0.29, 0.717) is 29.9 Å². The number of anilines is 1. The Hall–Kier alpha value is -1.60. The summed E-state index contributed by atoms with van der Waals surface area (Å²) in [5, 5.41) is 12.5. The molecule has 0 radical (unpaired) electrons. The van der Waals surface area contributed by atoms with Crippen LogP contribution in [0.15, 0.2) is 12.3 Å². The van der Waals surface area contributed by atoms with Crippen LogP contribution < -0.4 is 11.1 Å². The van der Waals surface area contributed by atoms with E-state index in [1.807, 2.05) is 13.0 Å². The maximum Gasteiger partial charge on any atom is 0.144 e. The summed E-state index contributed by atoms with van der Waals surface area (Å²) < 4.78 is 0. The lowest BCUT2D eigenvalue weighted by molar-refractivity contribution is 0.515. The fraction of sp³-hybridized carbons (Fsp3) is 0.538. The lowest BCUT2D eigenvalue weighted by atomic mass is 10.0. The monoisotopic (exact) mass is 230 g/mol. The Morgan fingerprint density at radius 2 is 2.41 bits per heavy atom. The first-order valence-corrected chi connectivity index (χ1v) is 6.08. The van der Waals surface area contributed by atoms with Gasteiger partial charge < -0.3 is 11.1 Å². The molecule has 1 heterocycles. The number of nitrogens with two attached hydrogens (primary N) is 1. The van der Waals surface area contributed by atoms with Crippen LogP contribution >= 0.6 is 0 Å². The Balaban J connectivity index is 2.19. The van der Waals surface area contributed by atoms with E-state index in [0.717, 1.165) is 12.0 Å². The average Bonchev–Trinajstić information content (AvgIpc) is 2.77. The Morgan fingerprint density at radius 1 is 1.59 bits per heavy atom. The zero-order chi connectivity index (χ0) is 12.3. The predicted octanol–water partition coefficient (Wildman–Crippen LogP) is 1.80. The third-order valence-corrected chi connectivity index (χ3v) is 3.56. The minimum absolute atomic E-state index is 0.362. The summed E-state index contributed by atoms with van der Waals surface area (Å²) in [6.07, 6.45) is 5.22. The van der Waals surface area contributed by atoms with Gasteiger partial charge in [0.05, 0.1) is 5.56 Å². The summed E-state index contributed by atoms with van der Waals surface area (Å²) >= 11 is 0. The van der Waals surface area contributed by atoms with E-state index in [2.05, 4.69) is 16.4 Å². The highest BCUT2D eigenvalue weighted by Crippen LogP contribution is 2.28. The number of rotatable bonds is 3. The van der Waals surface area contributed by atoms with Crippen molar-refractivity contribution in [2.45, 2.75) is 32.2 Å². The molecule has 4 nitrogen and oxygen atoms in total. The zero-order valence-electron chi connectivity index (χ0n) is 10.1. The fourth-order valence-electron chi connectivity index (χ4n) is 2.49. The maximum atomic E-state index is 9.14. The van der Waals surface area contributed by atoms with E-state index in [9.17, 15) is 0 Å². The third kappa shape index (κ3) is 2.40. The second kappa shape index (κ2) is 5.15. The highest BCUT2D eigenvalue weighted by atomic mass is 15.0. The highest BCUT2D eigenvalue weighted by molar-refractivity contribution is 5.55. The molecule has 0 aliphatic heterocycles. The molecule has 4 heteroatoms. The number of aryl methyl sites for hydroxylation is 1. The van der Waals surface area contributed by atoms with Crippen molar-refractivity contribution in [3.8, 4) is 6.07 Å². The lowest BCUT2D eigenvalue weighted by Gasteiger charge is -2.20. The molecule has 2 rings (SSSR count). The Kier molecular flexibility index (Phi) is 3.60. The number of nitriles is 1. The van der Waals surface area contributed by atoms with Crippen LogP contribution in [-0.4, -0.2) is 17.6 Å². The minimum Gasteiger partial charge on any atom is -0.366 e. The first kappa shape index (κ1) is 11.9. The SMILES string of the molecule is Cc1ccnc(NC2CCCC2CN)c1C#N. The number of aromatic nitrogens is 1. The second-order valence-corrected chi connectivity index (χ2v) is 4.64. The molecule has 0 aromatic carbocycles. The van der Waals surface area contributed by atoms with E-state index in [4.69, 9.17) is 11.0 Å². The molecule has 1 aliphatic rings. The number of nitrogens with zero attached hydrogens (tertiary/aromatic N) is 2. The molecule has 1 saturated carbocycles. The van der Waals surface area contributed by atoms with Crippen LogP contribution in [0.3, 0.4) is 0 Å². The molecular formula is C13H18N4. The van der Waals surface area contributed by atoms with Crippen molar-refractivity contribution in [2.24, 2.45) is 11.7 Å². The van der Waals surface area contributed by atoms with Crippen LogP contribution in [0.5, 0.6) is 0 Å². The van der Waals surface area contributed by atoms with Crippen LogP contribution in [0, 0.1) is 24.2 Å². The van der Waals surface area contributed by atoms with Gasteiger partial charge in [-0.2, -0.15) is 5.26 Å². The van der Waals surface area contributed by atoms with Gasteiger partial charge in [0, 0.05) is 12.2 Å². The Labute approximate surface area is 102 Å². The summed E-state index contributed by atoms with van der Waals surface area (Å²) in [5.41, 5.74) is 7.37. The van der Waals surface area contributed by atoms with Gasteiger partial charge in [0.25, 0.3) is 0 Å². The van der Waals surface area contributed by atoms with Gasteiger partial charge >= 0.3 is 0 Å². The molecule has 90 valence electrons. The molecule has 1 fully saturated rings. The highest BCUT2D eigenvalue weighted by Gasteiger charge is 2.26. The third-order valence-electron chi connectivity index (χ3n) is 3.56. The van der Waals surface area contributed by atoms with Crippen molar-refractivity contribution in [1.82, 2.24) is 4.98 Å². The molecule has 17 heavy (non-hydrogen) atoms. The summed E-state index contributed by atoms with van der Waals surface area (Å²) in [5.74, 6) is 1.21. The predicted molar refractivity (Wildman–Crippen MR) is 67.5 cm³/mol. The first-order valence-electron chi connectivity index (χ1n) is 6.08. The van der Waals surface area contributed by atoms with E-state index < -0.39 is 0 Å². The first-order chi connectivity index (χ1) is 8.26. The summed E-state index contributed by atoms with van der Waals surface area (Å²) in [6.45, 7) is 2.63. The van der Waals surface area contributed by atoms with E-state index in [1.165, 1.54) is 12.8 Å². The van der Waals surface area contributed by atoms with Crippen LogP contribution in [0.25, 0.3) is 0 Å². The van der Waals surface area contributed by atoms with Gasteiger partial charge in [-0.15, -0.1) is 0 Å². The van der Waals surface area contributed by atoms with Crippen molar-refractivity contribution in [3.63, 3.8) is 0 Å². The number of nitrogens with one attached hydrogen (secondary N) is 1. The van der Waals surface area contributed by atoms with Gasteiger partial charge in [-0.05, 0) is 43.9 Å². The van der Waals surface area contributed by atoms with Crippen molar-refractivity contribution in [3.05, 3.63) is 23.4 Å². The number of hydrogen-bond acceptors (Lipinski definition) is 4. The molecule has 0 spiro atoms. The number of hydrogen-bond donors (Lipinski definition) is 2. The summed E-state index contributed by atoms with van der Waals surface area (Å²) in [4.78, 5) is 4.27. The van der Waals surface area contributed by atoms with Gasteiger partial charge in [-0.3, -0.25) is 0 Å². The lowest BCUT2D eigenvalue weighted by Crippen LogP contribution is -2.30. The summed E-state index contributed by atoms with van der Waals surface area (Å²) in [6, 6.07) is 4.44. The topological polar surface area (TPSA) is 74.7 Å². The van der Waals surface area contributed by atoms with Gasteiger partial charge in [-0.25, -0.2) is 4.98 Å².